The molecule has 1 atom stereocenters. The van der Waals surface area contributed by atoms with Crippen LogP contribution in [-0.4, -0.2) is 34.6 Å². The number of hydrogen-bond donors (Lipinski definition) is 0. The summed E-state index contributed by atoms with van der Waals surface area (Å²) in [6.07, 6.45) is 1.39. The number of rotatable bonds is 6. The smallest absolute Gasteiger partial charge is 0.320 e. The van der Waals surface area contributed by atoms with E-state index in [0.29, 0.717) is 0 Å². The Morgan fingerprint density at radius 2 is 1.50 bits per heavy atom. The number of ether oxygens (including phenoxy) is 2. The summed E-state index contributed by atoms with van der Waals surface area (Å²) in [6, 6.07) is 6.35. The fourth-order valence-electron chi connectivity index (χ4n) is 2.44. The summed E-state index contributed by atoms with van der Waals surface area (Å²) in [7, 11) is -1.58. The number of sulfone groups is 1. The van der Waals surface area contributed by atoms with Crippen LogP contribution < -0.4 is 0 Å². The Morgan fingerprint density at radius 3 is 1.88 bits per heavy atom. The number of methoxy groups -OCH3 is 2. The van der Waals surface area contributed by atoms with Crippen LogP contribution in [0.15, 0.2) is 40.1 Å². The lowest BCUT2D eigenvalue weighted by atomic mass is 9.93. The van der Waals surface area contributed by atoms with Gasteiger partial charge in [-0.05, 0) is 26.0 Å². The van der Waals surface area contributed by atoms with E-state index in [4.69, 9.17) is 0 Å². The van der Waals surface area contributed by atoms with E-state index in [2.05, 4.69) is 9.47 Å². The van der Waals surface area contributed by atoms with Gasteiger partial charge < -0.3 is 9.47 Å². The van der Waals surface area contributed by atoms with Gasteiger partial charge in [0.05, 0.1) is 19.1 Å². The average Bonchev–Trinajstić information content (AvgIpc) is 2.55. The summed E-state index contributed by atoms with van der Waals surface area (Å²) < 4.78 is 35.0. The van der Waals surface area contributed by atoms with Crippen molar-refractivity contribution in [2.24, 2.45) is 11.8 Å². The van der Waals surface area contributed by atoms with Gasteiger partial charge in [-0.15, -0.1) is 0 Å². The average molecular weight is 354 g/mol. The Balaban J connectivity index is 3.35. The largest absolute Gasteiger partial charge is 0.468 e. The highest BCUT2D eigenvalue weighted by molar-refractivity contribution is 7.95. The van der Waals surface area contributed by atoms with Gasteiger partial charge in [-0.25, -0.2) is 8.42 Å². The third kappa shape index (κ3) is 4.03. The van der Waals surface area contributed by atoms with Crippen molar-refractivity contribution in [3.63, 3.8) is 0 Å². The van der Waals surface area contributed by atoms with E-state index < -0.39 is 33.6 Å². The molecule has 0 N–H and O–H groups in total. The van der Waals surface area contributed by atoms with Gasteiger partial charge in [0.25, 0.3) is 0 Å². The van der Waals surface area contributed by atoms with Gasteiger partial charge in [-0.2, -0.15) is 0 Å². The fourth-order valence-corrected chi connectivity index (χ4v) is 4.14. The Hall–Kier alpha value is -2.15. The maximum Gasteiger partial charge on any atom is 0.320 e. The lowest BCUT2D eigenvalue weighted by molar-refractivity contribution is -0.160. The van der Waals surface area contributed by atoms with Crippen LogP contribution in [0, 0.1) is 18.8 Å². The van der Waals surface area contributed by atoms with Crippen molar-refractivity contribution in [1.82, 2.24) is 0 Å². The number of aryl methyl sites for hydroxylation is 1. The van der Waals surface area contributed by atoms with Gasteiger partial charge in [-0.1, -0.05) is 30.7 Å². The molecule has 132 valence electrons. The van der Waals surface area contributed by atoms with E-state index in [1.807, 2.05) is 6.92 Å². The maximum absolute atomic E-state index is 12.9. The molecule has 1 aromatic carbocycles. The van der Waals surface area contributed by atoms with Gasteiger partial charge in [0.2, 0.25) is 9.84 Å². The third-order valence-corrected chi connectivity index (χ3v) is 5.91. The van der Waals surface area contributed by atoms with Crippen molar-refractivity contribution >= 4 is 21.8 Å². The minimum Gasteiger partial charge on any atom is -0.468 e. The van der Waals surface area contributed by atoms with Crippen molar-refractivity contribution in [3.8, 4) is 0 Å². The molecule has 24 heavy (non-hydrogen) atoms. The quantitative estimate of drug-likeness (QED) is 0.575. The summed E-state index contributed by atoms with van der Waals surface area (Å²) in [4.78, 5) is 23.9. The molecule has 0 spiro atoms. The highest BCUT2D eigenvalue weighted by Gasteiger charge is 2.40. The van der Waals surface area contributed by atoms with E-state index in [9.17, 15) is 18.0 Å². The third-order valence-electron chi connectivity index (χ3n) is 3.79. The monoisotopic (exact) mass is 354 g/mol. The molecule has 0 amide bonds. The lowest BCUT2D eigenvalue weighted by Crippen LogP contribution is -2.34. The molecule has 0 aliphatic carbocycles. The summed E-state index contributed by atoms with van der Waals surface area (Å²) in [5, 5.41) is 0. The zero-order valence-electron chi connectivity index (χ0n) is 14.4. The topological polar surface area (TPSA) is 86.7 Å². The first-order chi connectivity index (χ1) is 11.2. The number of carbonyl (C=O) groups is 2. The van der Waals surface area contributed by atoms with Crippen LogP contribution in [0.3, 0.4) is 0 Å². The molecule has 0 heterocycles. The highest BCUT2D eigenvalue weighted by atomic mass is 32.2. The van der Waals surface area contributed by atoms with Gasteiger partial charge >= 0.3 is 11.9 Å². The highest BCUT2D eigenvalue weighted by Crippen LogP contribution is 2.31. The van der Waals surface area contributed by atoms with Gasteiger partial charge in [0.1, 0.15) is 0 Å². The number of carbonyl (C=O) groups excluding carboxylic acids is 2. The first-order valence-corrected chi connectivity index (χ1v) is 8.82. The second-order valence-corrected chi connectivity index (χ2v) is 7.27. The zero-order valence-corrected chi connectivity index (χ0v) is 15.2. The second-order valence-electron chi connectivity index (χ2n) is 5.32. The Labute approximate surface area is 142 Å². The van der Waals surface area contributed by atoms with E-state index in [1.165, 1.54) is 25.1 Å². The minimum atomic E-state index is -3.85. The standard InChI is InChI=1S/C17H22O6S/c1-6-14(12(3)15(16(18)22-4)17(19)23-5)24(20,21)13-9-7-11(2)8-10-13/h6-10,12,15H,1-5H3/b14-6-. The molecule has 1 rings (SSSR count). The van der Waals surface area contributed by atoms with Gasteiger partial charge in [-0.3, -0.25) is 9.59 Å². The van der Waals surface area contributed by atoms with Crippen LogP contribution in [0.2, 0.25) is 0 Å². The van der Waals surface area contributed by atoms with E-state index in [0.717, 1.165) is 19.8 Å². The summed E-state index contributed by atoms with van der Waals surface area (Å²) in [5.74, 6) is -3.96. The van der Waals surface area contributed by atoms with Crippen LogP contribution in [0.5, 0.6) is 0 Å². The van der Waals surface area contributed by atoms with E-state index in [-0.39, 0.29) is 9.80 Å². The predicted octanol–water partition coefficient (Wildman–Crippen LogP) is 2.27. The Kier molecular flexibility index (Phi) is 6.71. The van der Waals surface area contributed by atoms with E-state index in [1.54, 1.807) is 19.1 Å². The molecule has 0 fully saturated rings. The van der Waals surface area contributed by atoms with Gasteiger partial charge in [0, 0.05) is 10.8 Å². The number of hydrogen-bond acceptors (Lipinski definition) is 6. The maximum atomic E-state index is 12.9. The molecule has 0 aliphatic heterocycles. The molecule has 0 bridgehead atoms. The summed E-state index contributed by atoms with van der Waals surface area (Å²) in [6.45, 7) is 4.88. The first-order valence-electron chi connectivity index (χ1n) is 7.34. The molecule has 1 aromatic rings. The molecular formula is C17H22O6S. The van der Waals surface area contributed by atoms with Crippen LogP contribution in [0.1, 0.15) is 19.4 Å². The summed E-state index contributed by atoms with van der Waals surface area (Å²) in [5.41, 5.74) is 0.922. The minimum absolute atomic E-state index is 0.0350. The molecule has 0 aromatic heterocycles. The van der Waals surface area contributed by atoms with Crippen LogP contribution in [0.4, 0.5) is 0 Å². The van der Waals surface area contributed by atoms with Crippen molar-refractivity contribution in [2.45, 2.75) is 25.7 Å². The van der Waals surface area contributed by atoms with Crippen LogP contribution >= 0.6 is 0 Å². The van der Waals surface area contributed by atoms with Crippen LogP contribution in [0.25, 0.3) is 0 Å². The number of allylic oxidation sites excluding steroid dienone is 2. The van der Waals surface area contributed by atoms with Crippen molar-refractivity contribution in [2.75, 3.05) is 14.2 Å². The van der Waals surface area contributed by atoms with Crippen LogP contribution in [-0.2, 0) is 28.9 Å². The molecule has 6 nitrogen and oxygen atoms in total. The zero-order chi connectivity index (χ0) is 18.5. The lowest BCUT2D eigenvalue weighted by Gasteiger charge is -2.22. The molecule has 0 radical (unpaired) electrons. The van der Waals surface area contributed by atoms with Gasteiger partial charge in [0.15, 0.2) is 5.92 Å². The molecule has 7 heteroatoms. The molecule has 1 unspecified atom stereocenters. The fraction of sp³-hybridized carbons (Fsp3) is 0.412. The SMILES string of the molecule is C/C=C(/C(C)C(C(=O)OC)C(=O)OC)S(=O)(=O)c1ccc(C)cc1. The number of esters is 2. The predicted molar refractivity (Wildman–Crippen MR) is 88.8 cm³/mol. The molecule has 0 saturated carbocycles. The normalized spacial score (nSPS) is 13.5. The summed E-state index contributed by atoms with van der Waals surface area (Å²) >= 11 is 0. The van der Waals surface area contributed by atoms with Crippen molar-refractivity contribution < 1.29 is 27.5 Å². The number of benzene rings is 1. The Bertz CT molecular complexity index is 715. The molecule has 0 aliphatic rings. The Morgan fingerprint density at radius 1 is 1.04 bits per heavy atom. The molecular weight excluding hydrogens is 332 g/mol. The van der Waals surface area contributed by atoms with Crippen molar-refractivity contribution in [1.29, 1.82) is 0 Å². The first kappa shape index (κ1) is 19.9. The molecule has 0 saturated heterocycles. The van der Waals surface area contributed by atoms with Crippen molar-refractivity contribution in [3.05, 3.63) is 40.8 Å². The van der Waals surface area contributed by atoms with E-state index >= 15 is 0 Å². The second kappa shape index (κ2) is 8.10.